The van der Waals surface area contributed by atoms with Gasteiger partial charge < -0.3 is 4.74 Å². The lowest BCUT2D eigenvalue weighted by atomic mass is 9.67. The summed E-state index contributed by atoms with van der Waals surface area (Å²) in [5, 5.41) is 0. The van der Waals surface area contributed by atoms with E-state index >= 15 is 0 Å². The van der Waals surface area contributed by atoms with Gasteiger partial charge in [0.1, 0.15) is 11.9 Å². The number of nitrogens with zero attached hydrogens (tertiary/aromatic N) is 1. The topological polar surface area (TPSA) is 63.7 Å². The Hall–Kier alpha value is -2.44. The van der Waals surface area contributed by atoms with Crippen LogP contribution < -0.4 is 0 Å². The fourth-order valence-electron chi connectivity index (χ4n) is 6.14. The van der Waals surface area contributed by atoms with Crippen molar-refractivity contribution < 1.29 is 17.9 Å². The third-order valence-electron chi connectivity index (χ3n) is 7.68. The van der Waals surface area contributed by atoms with Crippen molar-refractivity contribution >= 4 is 15.8 Å². The summed E-state index contributed by atoms with van der Waals surface area (Å²) in [7, 11) is -3.71. The second-order valence-corrected chi connectivity index (χ2v) is 12.7. The van der Waals surface area contributed by atoms with Gasteiger partial charge in [0.05, 0.1) is 4.90 Å². The van der Waals surface area contributed by atoms with Crippen LogP contribution in [-0.4, -0.2) is 31.1 Å². The third-order valence-corrected chi connectivity index (χ3v) is 9.59. The number of carbonyl (C=O) groups is 1. The molecule has 0 aromatic heterocycles. The largest absolute Gasteiger partial charge is 0.489 e. The highest BCUT2D eigenvalue weighted by molar-refractivity contribution is 7.89. The van der Waals surface area contributed by atoms with Crippen LogP contribution in [-0.2, 0) is 19.6 Å². The first kappa shape index (κ1) is 23.3. The first-order valence-electron chi connectivity index (χ1n) is 12.2. The van der Waals surface area contributed by atoms with Crippen molar-refractivity contribution in [2.24, 2.45) is 17.3 Å². The van der Waals surface area contributed by atoms with Crippen LogP contribution in [0.4, 0.5) is 0 Å². The maximum atomic E-state index is 13.8. The first-order chi connectivity index (χ1) is 16.1. The molecule has 1 aliphatic carbocycles. The fourth-order valence-corrected chi connectivity index (χ4v) is 7.90. The average Bonchev–Trinajstić information content (AvgIpc) is 3.18. The molecule has 0 amide bonds. The van der Waals surface area contributed by atoms with Crippen LogP contribution in [0.25, 0.3) is 0 Å². The van der Waals surface area contributed by atoms with Gasteiger partial charge in [0.15, 0.2) is 5.78 Å². The predicted octanol–water partition coefficient (Wildman–Crippen LogP) is 5.43. The van der Waals surface area contributed by atoms with Gasteiger partial charge in [0.2, 0.25) is 10.0 Å². The molecule has 180 valence electrons. The molecule has 2 aromatic rings. The minimum Gasteiger partial charge on any atom is -0.489 e. The maximum Gasteiger partial charge on any atom is 0.243 e. The summed E-state index contributed by atoms with van der Waals surface area (Å²) in [6.07, 6.45) is 1.53. The number of hydrogen-bond acceptors (Lipinski definition) is 4. The molecule has 2 heterocycles. The highest BCUT2D eigenvalue weighted by Gasteiger charge is 2.56. The monoisotopic (exact) mass is 479 g/mol. The summed E-state index contributed by atoms with van der Waals surface area (Å²) in [4.78, 5) is 13.8. The summed E-state index contributed by atoms with van der Waals surface area (Å²) in [5.74, 6) is 0.601. The van der Waals surface area contributed by atoms with Crippen LogP contribution in [0, 0.1) is 24.2 Å². The molecule has 0 spiro atoms. The minimum atomic E-state index is -3.71. The van der Waals surface area contributed by atoms with E-state index in [1.807, 2.05) is 56.3 Å². The molecule has 0 N–H and O–H groups in total. The van der Waals surface area contributed by atoms with Crippen molar-refractivity contribution in [3.05, 3.63) is 77.1 Å². The molecule has 1 saturated heterocycles. The van der Waals surface area contributed by atoms with E-state index in [4.69, 9.17) is 4.74 Å². The summed E-state index contributed by atoms with van der Waals surface area (Å²) < 4.78 is 35.9. The number of carbonyl (C=O) groups excluding carboxylic acids is 1. The second kappa shape index (κ2) is 8.35. The van der Waals surface area contributed by atoms with Crippen LogP contribution in [0.3, 0.4) is 0 Å². The molecule has 6 heteroatoms. The van der Waals surface area contributed by atoms with Crippen molar-refractivity contribution in [1.29, 1.82) is 0 Å². The van der Waals surface area contributed by atoms with Gasteiger partial charge in [-0.3, -0.25) is 4.79 Å². The quantitative estimate of drug-likeness (QED) is 0.587. The number of fused-ring (bicyclic) bond motifs is 2. The second-order valence-electron chi connectivity index (χ2n) is 10.8. The Morgan fingerprint density at radius 2 is 1.71 bits per heavy atom. The van der Waals surface area contributed by atoms with Gasteiger partial charge in [-0.25, -0.2) is 8.42 Å². The van der Waals surface area contributed by atoms with E-state index in [1.165, 1.54) is 0 Å². The Kier molecular flexibility index (Phi) is 5.72. The minimum absolute atomic E-state index is 0.112. The Morgan fingerprint density at radius 1 is 1.03 bits per heavy atom. The van der Waals surface area contributed by atoms with Gasteiger partial charge in [0.25, 0.3) is 0 Å². The molecule has 0 bridgehead atoms. The molecule has 34 heavy (non-hydrogen) atoms. The Labute approximate surface area is 202 Å². The number of ketones is 1. The van der Waals surface area contributed by atoms with E-state index in [1.54, 1.807) is 16.4 Å². The van der Waals surface area contributed by atoms with E-state index in [9.17, 15) is 13.2 Å². The number of ether oxygens (including phenoxy) is 1. The van der Waals surface area contributed by atoms with Crippen LogP contribution in [0.15, 0.2) is 70.8 Å². The molecule has 3 aliphatic rings. The molecule has 2 unspecified atom stereocenters. The molecule has 0 radical (unpaired) electrons. The van der Waals surface area contributed by atoms with E-state index in [2.05, 4.69) is 13.8 Å². The first-order valence-corrected chi connectivity index (χ1v) is 13.6. The van der Waals surface area contributed by atoms with Crippen molar-refractivity contribution in [3.8, 4) is 0 Å². The zero-order chi connectivity index (χ0) is 24.3. The number of hydrogen-bond donors (Lipinski definition) is 0. The van der Waals surface area contributed by atoms with E-state index in [0.717, 1.165) is 22.5 Å². The van der Waals surface area contributed by atoms with Gasteiger partial charge in [-0.15, -0.1) is 0 Å². The molecule has 5 nitrogen and oxygen atoms in total. The summed E-state index contributed by atoms with van der Waals surface area (Å²) >= 11 is 0. The Balaban J connectivity index is 1.63. The number of aryl methyl sites for hydroxylation is 1. The summed E-state index contributed by atoms with van der Waals surface area (Å²) in [6.45, 7) is 8.51. The zero-order valence-electron chi connectivity index (χ0n) is 20.3. The smallest absolute Gasteiger partial charge is 0.243 e. The molecule has 2 aromatic carbocycles. The van der Waals surface area contributed by atoms with E-state index < -0.39 is 10.0 Å². The van der Waals surface area contributed by atoms with Gasteiger partial charge in [0, 0.05) is 42.8 Å². The highest BCUT2D eigenvalue weighted by Crippen LogP contribution is 2.55. The lowest BCUT2D eigenvalue weighted by Crippen LogP contribution is -2.42. The fraction of sp³-hybridized carbons (Fsp3) is 0.464. The molecule has 1 fully saturated rings. The molecule has 0 saturated carbocycles. The Morgan fingerprint density at radius 3 is 2.35 bits per heavy atom. The summed E-state index contributed by atoms with van der Waals surface area (Å²) in [5.41, 5.74) is 2.62. The number of rotatable bonds is 4. The Bertz CT molecular complexity index is 1230. The number of allylic oxidation sites excluding steroid dienone is 1. The third kappa shape index (κ3) is 3.81. The standard InChI is InChI=1S/C28H33NO4S/c1-5-22-25-21(17-29(22)34(31,32)20-13-11-18(2)12-14-20)27(19-9-7-6-8-10-19)33-24-16-28(3,4)15-23(30)26(24)25/h6-14,21-22,25,27H,5,15-17H2,1-4H3/t21-,22?,25+,27?/m0/s1. The summed E-state index contributed by atoms with van der Waals surface area (Å²) in [6, 6.07) is 16.8. The number of sulfonamides is 1. The van der Waals surface area contributed by atoms with E-state index in [-0.39, 0.29) is 35.2 Å². The van der Waals surface area contributed by atoms with Crippen molar-refractivity contribution in [1.82, 2.24) is 4.31 Å². The maximum absolute atomic E-state index is 13.8. The average molecular weight is 480 g/mol. The van der Waals surface area contributed by atoms with Gasteiger partial charge in [-0.2, -0.15) is 4.31 Å². The lowest BCUT2D eigenvalue weighted by molar-refractivity contribution is -0.121. The van der Waals surface area contributed by atoms with E-state index in [0.29, 0.717) is 30.7 Å². The van der Waals surface area contributed by atoms with Crippen LogP contribution in [0.1, 0.15) is 57.3 Å². The zero-order valence-corrected chi connectivity index (χ0v) is 21.1. The molecular formula is C28H33NO4S. The lowest BCUT2D eigenvalue weighted by Gasteiger charge is -2.43. The molecule has 2 aliphatic heterocycles. The number of benzene rings is 2. The van der Waals surface area contributed by atoms with Crippen molar-refractivity contribution in [2.45, 2.75) is 64.0 Å². The van der Waals surface area contributed by atoms with Crippen LogP contribution in [0.2, 0.25) is 0 Å². The van der Waals surface area contributed by atoms with Gasteiger partial charge in [-0.1, -0.05) is 68.8 Å². The predicted molar refractivity (Wildman–Crippen MR) is 131 cm³/mol. The van der Waals surface area contributed by atoms with Gasteiger partial charge >= 0.3 is 0 Å². The van der Waals surface area contributed by atoms with Gasteiger partial charge in [-0.05, 0) is 36.5 Å². The SMILES string of the molecule is CCC1[C@@H]2C3=C(CC(C)(C)CC3=O)OC(c3ccccc3)[C@H]2CN1S(=O)(=O)c1ccc(C)cc1. The van der Waals surface area contributed by atoms with Crippen LogP contribution >= 0.6 is 0 Å². The highest BCUT2D eigenvalue weighted by atomic mass is 32.2. The molecule has 5 rings (SSSR count). The molecule has 4 atom stereocenters. The number of Topliss-reactive ketones (excluding diaryl/α,β-unsaturated/α-hetero) is 1. The van der Waals surface area contributed by atoms with Crippen molar-refractivity contribution in [3.63, 3.8) is 0 Å². The van der Waals surface area contributed by atoms with Crippen molar-refractivity contribution in [2.75, 3.05) is 6.54 Å². The normalized spacial score (nSPS) is 28.9. The van der Waals surface area contributed by atoms with Crippen LogP contribution in [0.5, 0.6) is 0 Å². The molecular weight excluding hydrogens is 446 g/mol.